The largest absolute Gasteiger partial charge is 0.355 e. The van der Waals surface area contributed by atoms with E-state index in [9.17, 15) is 19.4 Å². The van der Waals surface area contributed by atoms with Crippen molar-refractivity contribution < 1.29 is 24.0 Å². The van der Waals surface area contributed by atoms with Crippen LogP contribution < -0.4 is 0 Å². The third-order valence-corrected chi connectivity index (χ3v) is 5.29. The van der Waals surface area contributed by atoms with Crippen molar-refractivity contribution >= 4 is 21.1 Å². The molecule has 0 amide bonds. The number of halogens is 5. The zero-order valence-electron chi connectivity index (χ0n) is 13.6. The molecule has 0 aliphatic heterocycles. The van der Waals surface area contributed by atoms with E-state index in [1.807, 2.05) is 30.3 Å². The molecule has 0 N–H and O–H groups in total. The summed E-state index contributed by atoms with van der Waals surface area (Å²) in [5, 5.41) is 3.55. The van der Waals surface area contributed by atoms with Gasteiger partial charge in [0.2, 0.25) is 0 Å². The van der Waals surface area contributed by atoms with Crippen LogP contribution in [-0.2, 0) is 0 Å². The Morgan fingerprint density at radius 3 is 1.89 bits per heavy atom. The number of fused-ring (bicyclic) bond motifs is 1. The third-order valence-electron chi connectivity index (χ3n) is 4.15. The number of hydrogen-bond donors (Lipinski definition) is 0. The van der Waals surface area contributed by atoms with Gasteiger partial charge in [0, 0.05) is 5.56 Å². The van der Waals surface area contributed by atoms with Crippen LogP contribution in [0, 0.1) is 0 Å². The summed E-state index contributed by atoms with van der Waals surface area (Å²) in [6.07, 6.45) is 0. The molecule has 1 aromatic heterocycles. The Kier molecular flexibility index (Phi) is 3.31. The standard InChI is InChI=1S/C19H12F5NOS/c20-27(21,22,23,24)16-10-11-18-17(12-16)19(26-25-18)15-8-6-14(7-9-15)13-4-2-1-3-5-13/h1-12H. The molecular weight excluding hydrogens is 385 g/mol. The lowest BCUT2D eigenvalue weighted by molar-refractivity contribution is 0.364. The topological polar surface area (TPSA) is 26.0 Å². The van der Waals surface area contributed by atoms with E-state index in [0.29, 0.717) is 17.7 Å². The van der Waals surface area contributed by atoms with Gasteiger partial charge in [-0.15, -0.1) is 0 Å². The summed E-state index contributed by atoms with van der Waals surface area (Å²) in [4.78, 5) is -1.96. The minimum Gasteiger partial charge on any atom is -0.355 e. The van der Waals surface area contributed by atoms with Crippen LogP contribution in [0.4, 0.5) is 19.4 Å². The number of aromatic nitrogens is 1. The summed E-state index contributed by atoms with van der Waals surface area (Å²) in [6, 6.07) is 17.9. The van der Waals surface area contributed by atoms with Crippen LogP contribution in [0.15, 0.2) is 82.2 Å². The zero-order chi connectivity index (χ0) is 19.3. The summed E-state index contributed by atoms with van der Waals surface area (Å²) in [5.74, 6) is 0.00770. The monoisotopic (exact) mass is 397 g/mol. The Morgan fingerprint density at radius 2 is 1.26 bits per heavy atom. The van der Waals surface area contributed by atoms with Crippen molar-refractivity contribution in [2.45, 2.75) is 4.90 Å². The molecule has 0 saturated carbocycles. The number of rotatable bonds is 3. The van der Waals surface area contributed by atoms with E-state index in [4.69, 9.17) is 4.52 Å². The van der Waals surface area contributed by atoms with Crippen molar-refractivity contribution in [3.8, 4) is 22.5 Å². The maximum atomic E-state index is 13.1. The molecule has 0 saturated heterocycles. The molecule has 0 spiro atoms. The first-order valence-corrected chi connectivity index (χ1v) is 9.76. The van der Waals surface area contributed by atoms with E-state index in [1.54, 1.807) is 24.3 Å². The molecule has 0 radical (unpaired) electrons. The van der Waals surface area contributed by atoms with E-state index < -0.39 is 15.1 Å². The highest BCUT2D eigenvalue weighted by atomic mass is 32.5. The maximum absolute atomic E-state index is 13.1. The molecule has 140 valence electrons. The van der Waals surface area contributed by atoms with Gasteiger partial charge in [0.1, 0.15) is 10.4 Å². The average Bonchev–Trinajstić information content (AvgIpc) is 3.04. The van der Waals surface area contributed by atoms with Crippen molar-refractivity contribution in [1.82, 2.24) is 5.16 Å². The molecule has 3 aromatic carbocycles. The molecule has 0 aliphatic rings. The lowest BCUT2D eigenvalue weighted by atomic mass is 10.0. The number of nitrogens with zero attached hydrogens (tertiary/aromatic N) is 1. The van der Waals surface area contributed by atoms with Crippen LogP contribution in [-0.4, -0.2) is 5.16 Å². The van der Waals surface area contributed by atoms with Gasteiger partial charge in [-0.05, 0) is 29.3 Å². The smallest absolute Gasteiger partial charge is 0.310 e. The fraction of sp³-hybridized carbons (Fsp3) is 0. The molecule has 0 unspecified atom stereocenters. The Labute approximate surface area is 150 Å². The van der Waals surface area contributed by atoms with Crippen molar-refractivity contribution in [3.05, 3.63) is 72.8 Å². The summed E-state index contributed by atoms with van der Waals surface area (Å²) >= 11 is 0. The lowest BCUT2D eigenvalue weighted by Gasteiger charge is -2.40. The van der Waals surface area contributed by atoms with Crippen LogP contribution in [0.1, 0.15) is 0 Å². The molecule has 27 heavy (non-hydrogen) atoms. The summed E-state index contributed by atoms with van der Waals surface area (Å²) in [6.45, 7) is 0. The molecular formula is C19H12F5NOS. The number of benzene rings is 3. The van der Waals surface area contributed by atoms with Gasteiger partial charge >= 0.3 is 10.2 Å². The highest BCUT2D eigenvalue weighted by Crippen LogP contribution is 3.02. The summed E-state index contributed by atoms with van der Waals surface area (Å²) < 4.78 is 70.7. The van der Waals surface area contributed by atoms with E-state index >= 15 is 0 Å². The van der Waals surface area contributed by atoms with E-state index in [-0.39, 0.29) is 16.7 Å². The second-order valence-corrected chi connectivity index (χ2v) is 8.51. The SMILES string of the molecule is FS(F)(F)(F)(F)c1ccc2noc(-c3ccc(-c4ccccc4)cc3)c2c1. The van der Waals surface area contributed by atoms with Crippen molar-refractivity contribution in [2.24, 2.45) is 0 Å². The van der Waals surface area contributed by atoms with Gasteiger partial charge in [-0.25, -0.2) is 0 Å². The van der Waals surface area contributed by atoms with Crippen LogP contribution in [0.5, 0.6) is 0 Å². The fourth-order valence-electron chi connectivity index (χ4n) is 2.81. The predicted molar refractivity (Wildman–Crippen MR) is 96.3 cm³/mol. The zero-order valence-corrected chi connectivity index (χ0v) is 14.4. The number of hydrogen-bond acceptors (Lipinski definition) is 2. The van der Waals surface area contributed by atoms with Crippen molar-refractivity contribution in [2.75, 3.05) is 0 Å². The van der Waals surface area contributed by atoms with E-state index in [0.717, 1.165) is 17.2 Å². The van der Waals surface area contributed by atoms with Gasteiger partial charge in [0.25, 0.3) is 0 Å². The summed E-state index contributed by atoms with van der Waals surface area (Å²) in [5.41, 5.74) is 2.38. The molecule has 0 atom stereocenters. The van der Waals surface area contributed by atoms with Gasteiger partial charge in [-0.3, -0.25) is 0 Å². The maximum Gasteiger partial charge on any atom is 0.310 e. The Balaban J connectivity index is 1.81. The Hall–Kier alpha value is -2.87. The van der Waals surface area contributed by atoms with Gasteiger partial charge in [-0.1, -0.05) is 79.2 Å². The lowest BCUT2D eigenvalue weighted by Crippen LogP contribution is -2.05. The van der Waals surface area contributed by atoms with Crippen LogP contribution in [0.25, 0.3) is 33.4 Å². The normalized spacial score (nSPS) is 14.7. The van der Waals surface area contributed by atoms with Crippen molar-refractivity contribution in [1.29, 1.82) is 0 Å². The molecule has 4 aromatic rings. The molecule has 1 heterocycles. The second-order valence-electron chi connectivity index (χ2n) is 6.10. The molecule has 8 heteroatoms. The first-order chi connectivity index (χ1) is 12.5. The predicted octanol–water partition coefficient (Wildman–Crippen LogP) is 7.82. The first-order valence-electron chi connectivity index (χ1n) is 7.81. The minimum absolute atomic E-state index is 0.00770. The van der Waals surface area contributed by atoms with Crippen LogP contribution in [0.3, 0.4) is 0 Å². The molecule has 2 nitrogen and oxygen atoms in total. The second kappa shape index (κ2) is 5.10. The van der Waals surface area contributed by atoms with Gasteiger partial charge < -0.3 is 4.52 Å². The first kappa shape index (κ1) is 17.5. The van der Waals surface area contributed by atoms with E-state index in [1.165, 1.54) is 0 Å². The quantitative estimate of drug-likeness (QED) is 0.329. The van der Waals surface area contributed by atoms with E-state index in [2.05, 4.69) is 5.16 Å². The van der Waals surface area contributed by atoms with Crippen LogP contribution >= 0.6 is 10.2 Å². The fourth-order valence-corrected chi connectivity index (χ4v) is 3.48. The average molecular weight is 397 g/mol. The van der Waals surface area contributed by atoms with Crippen LogP contribution in [0.2, 0.25) is 0 Å². The molecule has 4 rings (SSSR count). The van der Waals surface area contributed by atoms with Gasteiger partial charge in [-0.2, -0.15) is 0 Å². The molecule has 0 bridgehead atoms. The molecule has 0 aliphatic carbocycles. The Morgan fingerprint density at radius 1 is 0.667 bits per heavy atom. The Bertz CT molecular complexity index is 1140. The van der Waals surface area contributed by atoms with Crippen molar-refractivity contribution in [3.63, 3.8) is 0 Å². The highest BCUT2D eigenvalue weighted by molar-refractivity contribution is 8.45. The van der Waals surface area contributed by atoms with Gasteiger partial charge in [0.05, 0.1) is 5.39 Å². The molecule has 0 fully saturated rings. The van der Waals surface area contributed by atoms with Gasteiger partial charge in [0.15, 0.2) is 5.76 Å². The summed E-state index contributed by atoms with van der Waals surface area (Å²) in [7, 11) is -9.78. The third kappa shape index (κ3) is 3.40. The minimum atomic E-state index is -9.78. The highest BCUT2D eigenvalue weighted by Gasteiger charge is 2.65.